The van der Waals surface area contributed by atoms with Gasteiger partial charge in [-0.3, -0.25) is 9.20 Å². The molecule has 0 fully saturated rings. The SMILES string of the molecule is Cc1cccc2ncc(N)c(=O)n12. The number of fused-ring (bicyclic) bond motifs is 1. The number of nitrogens with zero attached hydrogens (tertiary/aromatic N) is 2. The Morgan fingerprint density at radius 1 is 1.46 bits per heavy atom. The topological polar surface area (TPSA) is 60.4 Å². The van der Waals surface area contributed by atoms with E-state index in [1.54, 1.807) is 6.07 Å². The molecule has 0 amide bonds. The number of nitrogen functional groups attached to an aromatic ring is 1. The zero-order chi connectivity index (χ0) is 9.42. The minimum absolute atomic E-state index is 0.173. The van der Waals surface area contributed by atoms with E-state index in [0.717, 1.165) is 5.69 Å². The van der Waals surface area contributed by atoms with Gasteiger partial charge in [0, 0.05) is 5.69 Å². The molecule has 0 radical (unpaired) electrons. The van der Waals surface area contributed by atoms with Crippen molar-refractivity contribution in [3.8, 4) is 0 Å². The molecule has 0 aliphatic rings. The lowest BCUT2D eigenvalue weighted by molar-refractivity contribution is 0.995. The van der Waals surface area contributed by atoms with Crippen LogP contribution in [0.25, 0.3) is 5.65 Å². The van der Waals surface area contributed by atoms with Crippen molar-refractivity contribution in [1.29, 1.82) is 0 Å². The van der Waals surface area contributed by atoms with Gasteiger partial charge in [0.1, 0.15) is 11.3 Å². The first kappa shape index (κ1) is 7.79. The van der Waals surface area contributed by atoms with Crippen molar-refractivity contribution in [2.24, 2.45) is 0 Å². The first-order valence-corrected chi connectivity index (χ1v) is 3.93. The molecule has 2 aromatic heterocycles. The van der Waals surface area contributed by atoms with Crippen molar-refractivity contribution >= 4 is 11.3 Å². The molecule has 0 unspecified atom stereocenters. The van der Waals surface area contributed by atoms with Crippen LogP contribution in [0.3, 0.4) is 0 Å². The molecule has 0 saturated heterocycles. The molecule has 0 aliphatic carbocycles. The van der Waals surface area contributed by atoms with Crippen molar-refractivity contribution in [2.45, 2.75) is 6.92 Å². The van der Waals surface area contributed by atoms with Gasteiger partial charge in [0.15, 0.2) is 0 Å². The van der Waals surface area contributed by atoms with Gasteiger partial charge in [0.05, 0.1) is 6.20 Å². The smallest absolute Gasteiger partial charge is 0.281 e. The standard InChI is InChI=1S/C9H9N3O/c1-6-3-2-4-8-11-5-7(10)9(13)12(6)8/h2-5H,10H2,1H3. The maximum Gasteiger partial charge on any atom is 0.281 e. The zero-order valence-corrected chi connectivity index (χ0v) is 7.19. The fourth-order valence-corrected chi connectivity index (χ4v) is 1.29. The molecule has 13 heavy (non-hydrogen) atoms. The van der Waals surface area contributed by atoms with Crippen molar-refractivity contribution < 1.29 is 0 Å². The summed E-state index contributed by atoms with van der Waals surface area (Å²) < 4.78 is 1.50. The van der Waals surface area contributed by atoms with E-state index in [4.69, 9.17) is 5.73 Å². The molecule has 2 aromatic rings. The molecular formula is C9H9N3O. The molecule has 0 saturated carbocycles. The molecule has 4 heteroatoms. The van der Waals surface area contributed by atoms with E-state index >= 15 is 0 Å². The fraction of sp³-hybridized carbons (Fsp3) is 0.111. The summed E-state index contributed by atoms with van der Waals surface area (Å²) in [5.41, 5.74) is 6.89. The Labute approximate surface area is 74.6 Å². The van der Waals surface area contributed by atoms with Gasteiger partial charge < -0.3 is 5.73 Å². The third-order valence-electron chi connectivity index (χ3n) is 1.95. The molecular weight excluding hydrogens is 166 g/mol. The number of anilines is 1. The Morgan fingerprint density at radius 3 is 3.00 bits per heavy atom. The summed E-state index contributed by atoms with van der Waals surface area (Å²) >= 11 is 0. The second-order valence-electron chi connectivity index (χ2n) is 2.88. The van der Waals surface area contributed by atoms with Gasteiger partial charge in [-0.05, 0) is 19.1 Å². The van der Waals surface area contributed by atoms with Crippen LogP contribution in [0.15, 0.2) is 29.2 Å². The van der Waals surface area contributed by atoms with E-state index in [0.29, 0.717) is 5.65 Å². The van der Waals surface area contributed by atoms with Gasteiger partial charge in [-0.15, -0.1) is 0 Å². The number of nitrogens with two attached hydrogens (primary N) is 1. The summed E-state index contributed by atoms with van der Waals surface area (Å²) in [6.45, 7) is 1.84. The van der Waals surface area contributed by atoms with Gasteiger partial charge in [0.25, 0.3) is 5.56 Å². The highest BCUT2D eigenvalue weighted by molar-refractivity contribution is 5.45. The predicted molar refractivity (Wildman–Crippen MR) is 50.6 cm³/mol. The molecule has 0 aliphatic heterocycles. The Kier molecular flexibility index (Phi) is 1.55. The summed E-state index contributed by atoms with van der Waals surface area (Å²) in [5.74, 6) is 0. The van der Waals surface area contributed by atoms with E-state index in [1.807, 2.05) is 19.1 Å². The molecule has 0 aromatic carbocycles. The van der Waals surface area contributed by atoms with E-state index in [2.05, 4.69) is 4.98 Å². The average molecular weight is 175 g/mol. The minimum atomic E-state index is -0.205. The lowest BCUT2D eigenvalue weighted by atomic mass is 10.3. The molecule has 0 atom stereocenters. The van der Waals surface area contributed by atoms with E-state index in [1.165, 1.54) is 10.6 Å². The molecule has 0 spiro atoms. The van der Waals surface area contributed by atoms with Gasteiger partial charge in [-0.25, -0.2) is 4.98 Å². The summed E-state index contributed by atoms with van der Waals surface area (Å²) in [4.78, 5) is 15.6. The summed E-state index contributed by atoms with van der Waals surface area (Å²) in [6.07, 6.45) is 1.39. The normalized spacial score (nSPS) is 10.5. The highest BCUT2D eigenvalue weighted by Crippen LogP contribution is 2.02. The summed E-state index contributed by atoms with van der Waals surface area (Å²) in [7, 11) is 0. The maximum absolute atomic E-state index is 11.5. The summed E-state index contributed by atoms with van der Waals surface area (Å²) in [6, 6.07) is 5.47. The van der Waals surface area contributed by atoms with Crippen LogP contribution in [-0.4, -0.2) is 9.38 Å². The second kappa shape index (κ2) is 2.58. The van der Waals surface area contributed by atoms with Crippen LogP contribution in [0.4, 0.5) is 5.69 Å². The molecule has 0 bridgehead atoms. The second-order valence-corrected chi connectivity index (χ2v) is 2.88. The van der Waals surface area contributed by atoms with E-state index in [-0.39, 0.29) is 11.2 Å². The van der Waals surface area contributed by atoms with Gasteiger partial charge >= 0.3 is 0 Å². The quantitative estimate of drug-likeness (QED) is 0.637. The molecule has 2 heterocycles. The van der Waals surface area contributed by atoms with Crippen LogP contribution in [0, 0.1) is 6.92 Å². The number of aromatic nitrogens is 2. The zero-order valence-electron chi connectivity index (χ0n) is 7.19. The first-order chi connectivity index (χ1) is 6.20. The van der Waals surface area contributed by atoms with Gasteiger partial charge in [0.2, 0.25) is 0 Å². The van der Waals surface area contributed by atoms with Crippen LogP contribution in [0.5, 0.6) is 0 Å². The Bertz CT molecular complexity index is 516. The lowest BCUT2D eigenvalue weighted by Gasteiger charge is -2.03. The lowest BCUT2D eigenvalue weighted by Crippen LogP contribution is -2.19. The number of aryl methyl sites for hydroxylation is 1. The van der Waals surface area contributed by atoms with Gasteiger partial charge in [-0.1, -0.05) is 6.07 Å². The Hall–Kier alpha value is -1.84. The Morgan fingerprint density at radius 2 is 2.23 bits per heavy atom. The van der Waals surface area contributed by atoms with Crippen molar-refractivity contribution in [2.75, 3.05) is 5.73 Å². The average Bonchev–Trinajstić information content (AvgIpc) is 2.12. The highest BCUT2D eigenvalue weighted by atomic mass is 16.1. The van der Waals surface area contributed by atoms with Crippen molar-refractivity contribution in [3.05, 3.63) is 40.4 Å². The van der Waals surface area contributed by atoms with Crippen molar-refractivity contribution in [3.63, 3.8) is 0 Å². The van der Waals surface area contributed by atoms with Gasteiger partial charge in [-0.2, -0.15) is 0 Å². The largest absolute Gasteiger partial charge is 0.393 e. The first-order valence-electron chi connectivity index (χ1n) is 3.93. The van der Waals surface area contributed by atoms with E-state index < -0.39 is 0 Å². The minimum Gasteiger partial charge on any atom is -0.393 e. The van der Waals surface area contributed by atoms with Crippen LogP contribution in [0.2, 0.25) is 0 Å². The molecule has 66 valence electrons. The monoisotopic (exact) mass is 175 g/mol. The fourth-order valence-electron chi connectivity index (χ4n) is 1.29. The number of hydrogen-bond acceptors (Lipinski definition) is 3. The third-order valence-corrected chi connectivity index (χ3v) is 1.95. The maximum atomic E-state index is 11.5. The van der Waals surface area contributed by atoms with Crippen LogP contribution in [-0.2, 0) is 0 Å². The predicted octanol–water partition coefficient (Wildman–Crippen LogP) is 0.585. The molecule has 4 nitrogen and oxygen atoms in total. The Balaban J connectivity index is 3.06. The molecule has 2 rings (SSSR count). The number of pyridine rings is 1. The van der Waals surface area contributed by atoms with Crippen LogP contribution in [0.1, 0.15) is 5.69 Å². The third kappa shape index (κ3) is 1.07. The molecule has 2 N–H and O–H groups in total. The summed E-state index contributed by atoms with van der Waals surface area (Å²) in [5, 5.41) is 0. The number of rotatable bonds is 0. The van der Waals surface area contributed by atoms with Crippen LogP contribution >= 0.6 is 0 Å². The van der Waals surface area contributed by atoms with E-state index in [9.17, 15) is 4.79 Å². The van der Waals surface area contributed by atoms with Crippen LogP contribution < -0.4 is 11.3 Å². The van der Waals surface area contributed by atoms with Crippen molar-refractivity contribution in [1.82, 2.24) is 9.38 Å². The highest BCUT2D eigenvalue weighted by Gasteiger charge is 2.01. The number of hydrogen-bond donors (Lipinski definition) is 1.